The molecule has 3 aromatic rings. The van der Waals surface area contributed by atoms with Crippen LogP contribution in [0.15, 0.2) is 45.3 Å². The molecule has 0 spiro atoms. The van der Waals surface area contributed by atoms with Crippen molar-refractivity contribution in [3.63, 3.8) is 0 Å². The van der Waals surface area contributed by atoms with Crippen LogP contribution < -0.4 is 5.56 Å². The molecule has 0 bridgehead atoms. The number of halogens is 3. The minimum absolute atomic E-state index is 0.0173. The van der Waals surface area contributed by atoms with E-state index in [9.17, 15) is 18.0 Å². The molecule has 3 heterocycles. The second-order valence-electron chi connectivity index (χ2n) is 4.54. The van der Waals surface area contributed by atoms with Crippen molar-refractivity contribution in [3.8, 4) is 10.6 Å². The Bertz CT molecular complexity index is 834. The van der Waals surface area contributed by atoms with Crippen molar-refractivity contribution in [2.75, 3.05) is 0 Å². The molecule has 22 heavy (non-hydrogen) atoms. The number of rotatable bonds is 3. The lowest BCUT2D eigenvalue weighted by atomic mass is 10.2. The number of thiazole rings is 1. The molecule has 0 aliphatic rings. The van der Waals surface area contributed by atoms with Gasteiger partial charge in [0.2, 0.25) is 0 Å². The van der Waals surface area contributed by atoms with E-state index in [2.05, 4.69) is 4.98 Å². The highest BCUT2D eigenvalue weighted by atomic mass is 32.1. The van der Waals surface area contributed by atoms with Gasteiger partial charge in [0.15, 0.2) is 0 Å². The third-order valence-electron chi connectivity index (χ3n) is 2.96. The Morgan fingerprint density at radius 1 is 1.18 bits per heavy atom. The molecule has 0 aliphatic carbocycles. The summed E-state index contributed by atoms with van der Waals surface area (Å²) in [6, 6.07) is 3.63. The van der Waals surface area contributed by atoms with Crippen LogP contribution in [0.25, 0.3) is 10.6 Å². The van der Waals surface area contributed by atoms with E-state index < -0.39 is 17.3 Å². The van der Waals surface area contributed by atoms with E-state index in [-0.39, 0.29) is 6.54 Å². The Hall–Kier alpha value is -1.93. The Kier molecular flexibility index (Phi) is 3.88. The fraction of sp³-hybridized carbons (Fsp3) is 0.143. The number of thiophene rings is 1. The average Bonchev–Trinajstić information content (AvgIpc) is 3.10. The van der Waals surface area contributed by atoms with Crippen molar-refractivity contribution >= 4 is 22.7 Å². The van der Waals surface area contributed by atoms with Crippen LogP contribution in [0.2, 0.25) is 0 Å². The van der Waals surface area contributed by atoms with E-state index in [0.717, 1.165) is 33.5 Å². The summed E-state index contributed by atoms with van der Waals surface area (Å²) in [6.45, 7) is 0.0173. The molecular weight excluding hydrogens is 333 g/mol. The summed E-state index contributed by atoms with van der Waals surface area (Å²) in [5.41, 5.74) is 0.198. The maximum absolute atomic E-state index is 12.7. The molecule has 0 saturated heterocycles. The second-order valence-corrected chi connectivity index (χ2v) is 6.18. The van der Waals surface area contributed by atoms with Gasteiger partial charge in [-0.2, -0.15) is 24.5 Å². The van der Waals surface area contributed by atoms with Crippen LogP contribution in [0, 0.1) is 0 Å². The minimum atomic E-state index is -4.47. The number of hydrogen-bond donors (Lipinski definition) is 0. The van der Waals surface area contributed by atoms with Crippen LogP contribution in [0.1, 0.15) is 11.3 Å². The predicted octanol–water partition coefficient (Wildman–Crippen LogP) is 4.10. The lowest BCUT2D eigenvalue weighted by molar-refractivity contribution is -0.138. The van der Waals surface area contributed by atoms with Crippen LogP contribution in [0.3, 0.4) is 0 Å². The van der Waals surface area contributed by atoms with Gasteiger partial charge in [-0.3, -0.25) is 4.79 Å². The van der Waals surface area contributed by atoms with Gasteiger partial charge >= 0.3 is 6.18 Å². The standard InChI is InChI=1S/C14H9F3N2OS2/c15-14(16,17)10-1-2-12(20)19(5-10)6-11-8-22-13(18-11)9-3-4-21-7-9/h1-5,7-8H,6H2. The van der Waals surface area contributed by atoms with Crippen LogP contribution >= 0.6 is 22.7 Å². The first kappa shape index (κ1) is 15.0. The summed E-state index contributed by atoms with van der Waals surface area (Å²) in [4.78, 5) is 16.1. The van der Waals surface area contributed by atoms with Gasteiger partial charge in [-0.15, -0.1) is 11.3 Å². The van der Waals surface area contributed by atoms with Gasteiger partial charge in [-0.1, -0.05) is 0 Å². The maximum Gasteiger partial charge on any atom is 0.417 e. The van der Waals surface area contributed by atoms with Gasteiger partial charge in [-0.25, -0.2) is 4.98 Å². The molecule has 0 atom stereocenters. The molecule has 3 rings (SSSR count). The fourth-order valence-electron chi connectivity index (χ4n) is 1.90. The molecule has 0 aromatic carbocycles. The van der Waals surface area contributed by atoms with Gasteiger partial charge in [0.05, 0.1) is 17.8 Å². The Morgan fingerprint density at radius 2 is 2.00 bits per heavy atom. The van der Waals surface area contributed by atoms with E-state index in [1.807, 2.05) is 16.8 Å². The zero-order valence-corrected chi connectivity index (χ0v) is 12.6. The van der Waals surface area contributed by atoms with Crippen molar-refractivity contribution in [3.05, 3.63) is 62.1 Å². The summed E-state index contributed by atoms with van der Waals surface area (Å²) in [7, 11) is 0. The van der Waals surface area contributed by atoms with Gasteiger partial charge < -0.3 is 4.57 Å². The Morgan fingerprint density at radius 3 is 2.68 bits per heavy atom. The third kappa shape index (κ3) is 3.12. The number of hydrogen-bond acceptors (Lipinski definition) is 4. The third-order valence-corrected chi connectivity index (χ3v) is 4.59. The summed E-state index contributed by atoms with van der Waals surface area (Å²) in [5, 5.41) is 6.41. The molecule has 0 amide bonds. The molecule has 8 heteroatoms. The highest BCUT2D eigenvalue weighted by Gasteiger charge is 2.31. The molecule has 0 aliphatic heterocycles. The van der Waals surface area contributed by atoms with E-state index >= 15 is 0 Å². The first-order chi connectivity index (χ1) is 10.4. The van der Waals surface area contributed by atoms with Crippen molar-refractivity contribution in [1.82, 2.24) is 9.55 Å². The predicted molar refractivity (Wildman–Crippen MR) is 80.2 cm³/mol. The lowest BCUT2D eigenvalue weighted by Gasteiger charge is -2.09. The van der Waals surface area contributed by atoms with E-state index in [4.69, 9.17) is 0 Å². The van der Waals surface area contributed by atoms with Crippen LogP contribution in [0.5, 0.6) is 0 Å². The summed E-state index contributed by atoms with van der Waals surface area (Å²) >= 11 is 2.94. The number of pyridine rings is 1. The molecular formula is C14H9F3N2OS2. The molecule has 0 radical (unpaired) electrons. The Balaban J connectivity index is 1.89. The normalized spacial score (nSPS) is 11.8. The number of alkyl halides is 3. The SMILES string of the molecule is O=c1ccc(C(F)(F)F)cn1Cc1csc(-c2ccsc2)n1. The number of aromatic nitrogens is 2. The average molecular weight is 342 g/mol. The highest BCUT2D eigenvalue weighted by molar-refractivity contribution is 7.14. The van der Waals surface area contributed by atoms with Crippen molar-refractivity contribution in [2.24, 2.45) is 0 Å². The quantitative estimate of drug-likeness (QED) is 0.718. The van der Waals surface area contributed by atoms with Crippen molar-refractivity contribution in [2.45, 2.75) is 12.7 Å². The molecule has 0 saturated carbocycles. The zero-order chi connectivity index (χ0) is 15.7. The summed E-state index contributed by atoms with van der Waals surface area (Å²) in [5.74, 6) is 0. The van der Waals surface area contributed by atoms with E-state index in [1.54, 1.807) is 16.7 Å². The summed E-state index contributed by atoms with van der Waals surface area (Å²) in [6.07, 6.45) is -3.65. The van der Waals surface area contributed by atoms with E-state index in [1.165, 1.54) is 11.3 Å². The smallest absolute Gasteiger partial charge is 0.309 e. The molecule has 3 aromatic heterocycles. The first-order valence-electron chi connectivity index (χ1n) is 6.18. The molecule has 3 nitrogen and oxygen atoms in total. The monoisotopic (exact) mass is 342 g/mol. The molecule has 0 N–H and O–H groups in total. The highest BCUT2D eigenvalue weighted by Crippen LogP contribution is 2.29. The van der Waals surface area contributed by atoms with Gasteiger partial charge in [0, 0.05) is 28.6 Å². The topological polar surface area (TPSA) is 34.9 Å². The maximum atomic E-state index is 12.7. The van der Waals surface area contributed by atoms with Crippen LogP contribution in [-0.2, 0) is 12.7 Å². The van der Waals surface area contributed by atoms with Gasteiger partial charge in [0.1, 0.15) is 5.01 Å². The van der Waals surface area contributed by atoms with Crippen LogP contribution in [0.4, 0.5) is 13.2 Å². The zero-order valence-electron chi connectivity index (χ0n) is 11.0. The van der Waals surface area contributed by atoms with Crippen molar-refractivity contribution in [1.29, 1.82) is 0 Å². The minimum Gasteiger partial charge on any atom is -0.309 e. The summed E-state index contributed by atoms with van der Waals surface area (Å²) < 4.78 is 39.1. The van der Waals surface area contributed by atoms with Gasteiger partial charge in [-0.05, 0) is 17.5 Å². The first-order valence-corrected chi connectivity index (χ1v) is 8.00. The lowest BCUT2D eigenvalue weighted by Crippen LogP contribution is -2.22. The second kappa shape index (κ2) is 5.69. The molecule has 114 valence electrons. The van der Waals surface area contributed by atoms with Crippen LogP contribution in [-0.4, -0.2) is 9.55 Å². The molecule has 0 unspecified atom stereocenters. The van der Waals surface area contributed by atoms with E-state index in [0.29, 0.717) is 5.69 Å². The number of nitrogens with zero attached hydrogens (tertiary/aromatic N) is 2. The Labute approximate surface area is 131 Å². The largest absolute Gasteiger partial charge is 0.417 e. The van der Waals surface area contributed by atoms with Crippen molar-refractivity contribution < 1.29 is 13.2 Å². The molecule has 0 fully saturated rings. The fourth-order valence-corrected chi connectivity index (χ4v) is 3.42. The van der Waals surface area contributed by atoms with Gasteiger partial charge in [0.25, 0.3) is 5.56 Å².